The van der Waals surface area contributed by atoms with Crippen LogP contribution in [0, 0.1) is 0 Å². The molecule has 1 N–H and O–H groups in total. The third-order valence-electron chi connectivity index (χ3n) is 4.19. The van der Waals surface area contributed by atoms with Crippen LogP contribution in [-0.4, -0.2) is 49.2 Å². The van der Waals surface area contributed by atoms with Crippen molar-refractivity contribution in [2.24, 2.45) is 0 Å². The topological polar surface area (TPSA) is 53.0 Å². The van der Waals surface area contributed by atoms with Crippen molar-refractivity contribution >= 4 is 27.5 Å². The number of amides is 1. The lowest BCUT2D eigenvalue weighted by atomic mass is 10.1. The van der Waals surface area contributed by atoms with Gasteiger partial charge in [0.25, 0.3) is 5.91 Å². The van der Waals surface area contributed by atoms with Gasteiger partial charge in [-0.3, -0.25) is 4.79 Å². The number of nitrogens with zero attached hydrogens (tertiary/aromatic N) is 2. The van der Waals surface area contributed by atoms with E-state index in [1.54, 1.807) is 37.4 Å². The fraction of sp³-hybridized carbons (Fsp3) is 0.278. The molecule has 0 atom stereocenters. The lowest BCUT2D eigenvalue weighted by Gasteiger charge is -2.36. The first-order valence-electron chi connectivity index (χ1n) is 7.76. The maximum Gasteiger partial charge on any atom is 0.254 e. The molecule has 126 valence electrons. The molecule has 0 unspecified atom stereocenters. The van der Waals surface area contributed by atoms with Crippen LogP contribution in [0.3, 0.4) is 0 Å². The summed E-state index contributed by atoms with van der Waals surface area (Å²) < 4.78 is 5.96. The Hall–Kier alpha value is -2.21. The zero-order valence-corrected chi connectivity index (χ0v) is 15.0. The van der Waals surface area contributed by atoms with Crippen LogP contribution in [-0.2, 0) is 0 Å². The molecular weight excluding hydrogens is 372 g/mol. The minimum atomic E-state index is 0.00952. The number of hydrogen-bond acceptors (Lipinski definition) is 4. The van der Waals surface area contributed by atoms with E-state index in [1.807, 2.05) is 17.0 Å². The van der Waals surface area contributed by atoms with E-state index in [-0.39, 0.29) is 11.7 Å². The first-order chi connectivity index (χ1) is 11.6. The van der Waals surface area contributed by atoms with Crippen molar-refractivity contribution in [3.63, 3.8) is 0 Å². The molecule has 3 rings (SSSR count). The molecule has 0 saturated carbocycles. The molecule has 0 aliphatic carbocycles. The van der Waals surface area contributed by atoms with Gasteiger partial charge in [-0.2, -0.15) is 0 Å². The van der Waals surface area contributed by atoms with E-state index in [4.69, 9.17) is 4.74 Å². The van der Waals surface area contributed by atoms with Gasteiger partial charge in [-0.1, -0.05) is 12.1 Å². The Morgan fingerprint density at radius 3 is 2.46 bits per heavy atom. The monoisotopic (exact) mass is 390 g/mol. The summed E-state index contributed by atoms with van der Waals surface area (Å²) in [7, 11) is 1.60. The van der Waals surface area contributed by atoms with E-state index >= 15 is 0 Å². The lowest BCUT2D eigenvalue weighted by Crippen LogP contribution is -2.48. The Labute approximate surface area is 149 Å². The fourth-order valence-corrected chi connectivity index (χ4v) is 3.40. The molecule has 24 heavy (non-hydrogen) atoms. The van der Waals surface area contributed by atoms with Crippen LogP contribution in [0.1, 0.15) is 10.4 Å². The number of ether oxygens (including phenoxy) is 1. The molecule has 0 aromatic heterocycles. The van der Waals surface area contributed by atoms with E-state index in [1.165, 1.54) is 0 Å². The minimum absolute atomic E-state index is 0.00952. The molecule has 1 fully saturated rings. The molecule has 0 bridgehead atoms. The normalized spacial score (nSPS) is 14.6. The van der Waals surface area contributed by atoms with Crippen molar-refractivity contribution in [2.45, 2.75) is 0 Å². The van der Waals surface area contributed by atoms with E-state index < -0.39 is 0 Å². The molecule has 2 aromatic carbocycles. The number of methoxy groups -OCH3 is 1. The van der Waals surface area contributed by atoms with Crippen LogP contribution in [0.25, 0.3) is 0 Å². The number of anilines is 1. The predicted molar refractivity (Wildman–Crippen MR) is 96.9 cm³/mol. The summed E-state index contributed by atoms with van der Waals surface area (Å²) in [5, 5.41) is 9.96. The number of phenolic OH excluding ortho intramolecular Hbond substituents is 1. The summed E-state index contributed by atoms with van der Waals surface area (Å²) in [5.41, 5.74) is 1.45. The zero-order chi connectivity index (χ0) is 17.1. The summed E-state index contributed by atoms with van der Waals surface area (Å²) in [6.45, 7) is 2.63. The first kappa shape index (κ1) is 16.6. The molecule has 1 heterocycles. The molecule has 1 aliphatic heterocycles. The lowest BCUT2D eigenvalue weighted by molar-refractivity contribution is 0.0746. The van der Waals surface area contributed by atoms with Gasteiger partial charge in [0, 0.05) is 31.7 Å². The van der Waals surface area contributed by atoms with E-state index in [0.29, 0.717) is 37.5 Å². The molecule has 5 nitrogen and oxygen atoms in total. The van der Waals surface area contributed by atoms with Gasteiger partial charge in [0.05, 0.1) is 17.3 Å². The molecule has 1 amide bonds. The van der Waals surface area contributed by atoms with Crippen molar-refractivity contribution in [3.8, 4) is 11.5 Å². The smallest absolute Gasteiger partial charge is 0.254 e. The molecule has 6 heteroatoms. The number of phenols is 1. The van der Waals surface area contributed by atoms with E-state index in [0.717, 1.165) is 10.2 Å². The van der Waals surface area contributed by atoms with Gasteiger partial charge in [-0.05, 0) is 46.3 Å². The second-order valence-electron chi connectivity index (χ2n) is 5.62. The number of hydrogen-bond donors (Lipinski definition) is 1. The Morgan fingerprint density at radius 1 is 1.12 bits per heavy atom. The molecule has 1 aliphatic rings. The van der Waals surface area contributed by atoms with Gasteiger partial charge in [0.15, 0.2) is 0 Å². The highest BCUT2D eigenvalue weighted by Gasteiger charge is 2.23. The van der Waals surface area contributed by atoms with Gasteiger partial charge >= 0.3 is 0 Å². The fourth-order valence-electron chi connectivity index (χ4n) is 2.86. The maximum absolute atomic E-state index is 12.7. The Morgan fingerprint density at radius 2 is 1.83 bits per heavy atom. The zero-order valence-electron chi connectivity index (χ0n) is 13.4. The number of carbonyl (C=O) groups is 1. The van der Waals surface area contributed by atoms with Crippen LogP contribution in [0.4, 0.5) is 5.69 Å². The highest BCUT2D eigenvalue weighted by molar-refractivity contribution is 9.10. The molecule has 1 saturated heterocycles. The van der Waals surface area contributed by atoms with Gasteiger partial charge < -0.3 is 19.6 Å². The number of rotatable bonds is 3. The van der Waals surface area contributed by atoms with Gasteiger partial charge in [-0.15, -0.1) is 0 Å². The minimum Gasteiger partial charge on any atom is -0.506 e. The quantitative estimate of drug-likeness (QED) is 0.874. The van der Waals surface area contributed by atoms with Crippen LogP contribution in [0.15, 0.2) is 46.9 Å². The maximum atomic E-state index is 12.7. The van der Waals surface area contributed by atoms with Crippen LogP contribution >= 0.6 is 15.9 Å². The summed E-state index contributed by atoms with van der Waals surface area (Å²) in [6, 6.07) is 12.6. The molecule has 2 aromatic rings. The van der Waals surface area contributed by atoms with Crippen LogP contribution in [0.5, 0.6) is 11.5 Å². The van der Waals surface area contributed by atoms with E-state index in [9.17, 15) is 9.90 Å². The average molecular weight is 391 g/mol. The standard InChI is InChI=1S/C18H19BrN2O3/c1-24-17-7-6-13(12-14(17)19)18(23)21-10-8-20(9-11-21)15-4-2-3-5-16(15)22/h2-7,12,22H,8-11H2,1H3. The summed E-state index contributed by atoms with van der Waals surface area (Å²) in [6.07, 6.45) is 0. The second kappa shape index (κ2) is 7.13. The number of halogens is 1. The number of carbonyl (C=O) groups excluding carboxylic acids is 1. The van der Waals surface area contributed by atoms with Crippen molar-refractivity contribution in [1.29, 1.82) is 0 Å². The number of benzene rings is 2. The predicted octanol–water partition coefficient (Wildman–Crippen LogP) is 3.13. The first-order valence-corrected chi connectivity index (χ1v) is 8.55. The summed E-state index contributed by atoms with van der Waals surface area (Å²) >= 11 is 3.42. The SMILES string of the molecule is COc1ccc(C(=O)N2CCN(c3ccccc3O)CC2)cc1Br. The number of piperazine rings is 1. The largest absolute Gasteiger partial charge is 0.506 e. The van der Waals surface area contributed by atoms with Gasteiger partial charge in [0.2, 0.25) is 0 Å². The molecule has 0 radical (unpaired) electrons. The van der Waals surface area contributed by atoms with Gasteiger partial charge in [0.1, 0.15) is 11.5 Å². The van der Waals surface area contributed by atoms with Crippen molar-refractivity contribution in [3.05, 3.63) is 52.5 Å². The number of aromatic hydroxyl groups is 1. The Kier molecular flexibility index (Phi) is 4.94. The average Bonchev–Trinajstić information content (AvgIpc) is 2.61. The highest BCUT2D eigenvalue weighted by atomic mass is 79.9. The summed E-state index contributed by atoms with van der Waals surface area (Å²) in [4.78, 5) is 16.6. The van der Waals surface area contributed by atoms with Crippen molar-refractivity contribution < 1.29 is 14.6 Å². The van der Waals surface area contributed by atoms with Gasteiger partial charge in [-0.25, -0.2) is 0 Å². The van der Waals surface area contributed by atoms with E-state index in [2.05, 4.69) is 20.8 Å². The second-order valence-corrected chi connectivity index (χ2v) is 6.47. The Bertz CT molecular complexity index is 743. The van der Waals surface area contributed by atoms with Crippen LogP contribution < -0.4 is 9.64 Å². The Balaban J connectivity index is 1.67. The van der Waals surface area contributed by atoms with Crippen LogP contribution in [0.2, 0.25) is 0 Å². The third-order valence-corrected chi connectivity index (χ3v) is 4.81. The molecule has 0 spiro atoms. The van der Waals surface area contributed by atoms with Crippen molar-refractivity contribution in [1.82, 2.24) is 4.90 Å². The highest BCUT2D eigenvalue weighted by Crippen LogP contribution is 2.28. The molecular formula is C18H19BrN2O3. The van der Waals surface area contributed by atoms with Crippen molar-refractivity contribution in [2.75, 3.05) is 38.2 Å². The third kappa shape index (κ3) is 3.33. The number of para-hydroxylation sites is 2. The summed E-state index contributed by atoms with van der Waals surface area (Å²) in [5.74, 6) is 0.988.